The summed E-state index contributed by atoms with van der Waals surface area (Å²) in [5, 5.41) is 13.8. The Labute approximate surface area is 174 Å². The fourth-order valence-corrected chi connectivity index (χ4v) is 4.10. The number of nitrogens with one attached hydrogen (secondary N) is 2. The van der Waals surface area contributed by atoms with Crippen LogP contribution in [0.5, 0.6) is 0 Å². The van der Waals surface area contributed by atoms with E-state index in [1.165, 1.54) is 11.8 Å². The molecule has 0 bridgehead atoms. The van der Waals surface area contributed by atoms with Gasteiger partial charge in [-0.1, -0.05) is 59.8 Å². The molecule has 1 unspecified atom stereocenters. The maximum Gasteiger partial charge on any atom is 0.240 e. The predicted octanol–water partition coefficient (Wildman–Crippen LogP) is 3.95. The van der Waals surface area contributed by atoms with Crippen LogP contribution in [0.3, 0.4) is 0 Å². The van der Waals surface area contributed by atoms with Crippen molar-refractivity contribution in [2.75, 3.05) is 5.32 Å². The fourth-order valence-electron chi connectivity index (χ4n) is 3.18. The summed E-state index contributed by atoms with van der Waals surface area (Å²) >= 11 is 1.23. The summed E-state index contributed by atoms with van der Waals surface area (Å²) < 4.78 is 0. The Kier molecular flexibility index (Phi) is 6.49. The zero-order valence-electron chi connectivity index (χ0n) is 16.9. The van der Waals surface area contributed by atoms with Gasteiger partial charge in [0.25, 0.3) is 0 Å². The summed E-state index contributed by atoms with van der Waals surface area (Å²) in [6.45, 7) is 7.81. The molecule has 2 N–H and O–H groups in total. The van der Waals surface area contributed by atoms with Gasteiger partial charge in [0.1, 0.15) is 5.25 Å². The molecule has 0 saturated carbocycles. The number of nitrogens with zero attached hydrogens (tertiary/aromatic N) is 2. The van der Waals surface area contributed by atoms with E-state index in [0.717, 1.165) is 33.7 Å². The lowest BCUT2D eigenvalue weighted by Crippen LogP contribution is -2.28. The van der Waals surface area contributed by atoms with Gasteiger partial charge in [-0.25, -0.2) is 0 Å². The standard InChI is InChI=1S/C22H24N4O2S/c1-13-10-14(2)20(15(3)11-13)23-19(27)12-18-21(28)24-22(29-18)26-25-16(4)17-8-6-5-7-9-17/h5-11,18H,12H2,1-4H3,(H,23,27)(H,24,26,28)/b25-16-. The van der Waals surface area contributed by atoms with Crippen LogP contribution in [-0.2, 0) is 9.59 Å². The average Bonchev–Trinajstić information content (AvgIpc) is 3.02. The minimum Gasteiger partial charge on any atom is -0.326 e. The van der Waals surface area contributed by atoms with Crippen LogP contribution < -0.4 is 10.6 Å². The second kappa shape index (κ2) is 9.05. The third-order valence-corrected chi connectivity index (χ3v) is 5.64. The van der Waals surface area contributed by atoms with Crippen molar-refractivity contribution >= 4 is 40.1 Å². The van der Waals surface area contributed by atoms with E-state index in [9.17, 15) is 9.59 Å². The molecule has 0 aliphatic carbocycles. The van der Waals surface area contributed by atoms with Crippen LogP contribution in [0.2, 0.25) is 0 Å². The molecule has 0 radical (unpaired) electrons. The molecule has 1 atom stereocenters. The molecule has 1 heterocycles. The molecule has 150 valence electrons. The van der Waals surface area contributed by atoms with Crippen LogP contribution >= 0.6 is 11.8 Å². The number of hydrogen-bond acceptors (Lipinski definition) is 5. The van der Waals surface area contributed by atoms with Crippen LogP contribution in [0.25, 0.3) is 0 Å². The highest BCUT2D eigenvalue weighted by molar-refractivity contribution is 8.15. The number of carbonyl (C=O) groups is 2. The fraction of sp³-hybridized carbons (Fsp3) is 0.273. The van der Waals surface area contributed by atoms with Gasteiger partial charge < -0.3 is 10.6 Å². The first kappa shape index (κ1) is 20.8. The molecular formula is C22H24N4O2S. The molecule has 29 heavy (non-hydrogen) atoms. The Bertz CT molecular complexity index is 976. The highest BCUT2D eigenvalue weighted by Gasteiger charge is 2.32. The van der Waals surface area contributed by atoms with Crippen LogP contribution in [-0.4, -0.2) is 27.9 Å². The number of thioether (sulfide) groups is 1. The molecule has 0 spiro atoms. The van der Waals surface area contributed by atoms with E-state index in [2.05, 4.69) is 20.8 Å². The molecular weight excluding hydrogens is 384 g/mol. The highest BCUT2D eigenvalue weighted by atomic mass is 32.2. The van der Waals surface area contributed by atoms with Crippen LogP contribution in [0, 0.1) is 20.8 Å². The first-order valence-corrected chi connectivity index (χ1v) is 10.2. The van der Waals surface area contributed by atoms with E-state index >= 15 is 0 Å². The number of carbonyl (C=O) groups excluding carboxylic acids is 2. The highest BCUT2D eigenvalue weighted by Crippen LogP contribution is 2.25. The average molecular weight is 409 g/mol. The Morgan fingerprint density at radius 2 is 1.79 bits per heavy atom. The summed E-state index contributed by atoms with van der Waals surface area (Å²) in [5.74, 6) is -0.424. The number of amidine groups is 1. The van der Waals surface area contributed by atoms with Gasteiger partial charge in [-0.2, -0.15) is 5.10 Å². The van der Waals surface area contributed by atoms with Crippen LogP contribution in [0.1, 0.15) is 35.6 Å². The van der Waals surface area contributed by atoms with Crippen LogP contribution in [0.15, 0.2) is 52.7 Å². The number of benzene rings is 2. The minimum atomic E-state index is -0.521. The van der Waals surface area contributed by atoms with Crippen molar-refractivity contribution in [3.05, 3.63) is 64.7 Å². The zero-order chi connectivity index (χ0) is 21.0. The lowest BCUT2D eigenvalue weighted by Gasteiger charge is -2.13. The van der Waals surface area contributed by atoms with E-state index in [0.29, 0.717) is 5.17 Å². The van der Waals surface area contributed by atoms with E-state index in [4.69, 9.17) is 0 Å². The molecule has 1 saturated heterocycles. The summed E-state index contributed by atoms with van der Waals surface area (Å²) in [6, 6.07) is 13.7. The number of amides is 2. The molecule has 2 amide bonds. The molecule has 1 aliphatic rings. The molecule has 0 aromatic heterocycles. The lowest BCUT2D eigenvalue weighted by atomic mass is 10.0. The van der Waals surface area contributed by atoms with Crippen molar-refractivity contribution in [2.24, 2.45) is 10.2 Å². The lowest BCUT2D eigenvalue weighted by molar-refractivity contribution is -0.122. The van der Waals surface area contributed by atoms with Crippen molar-refractivity contribution < 1.29 is 9.59 Å². The smallest absolute Gasteiger partial charge is 0.240 e. The summed E-state index contributed by atoms with van der Waals surface area (Å²) in [7, 11) is 0. The summed E-state index contributed by atoms with van der Waals surface area (Å²) in [6.07, 6.45) is 0.0731. The quantitative estimate of drug-likeness (QED) is 0.580. The van der Waals surface area contributed by atoms with Crippen molar-refractivity contribution in [3.8, 4) is 0 Å². The van der Waals surface area contributed by atoms with Gasteiger partial charge >= 0.3 is 0 Å². The van der Waals surface area contributed by atoms with Gasteiger partial charge in [0.2, 0.25) is 11.8 Å². The van der Waals surface area contributed by atoms with Crippen LogP contribution in [0.4, 0.5) is 5.69 Å². The predicted molar refractivity (Wildman–Crippen MR) is 120 cm³/mol. The molecule has 3 rings (SSSR count). The number of aryl methyl sites for hydroxylation is 3. The van der Waals surface area contributed by atoms with Crippen molar-refractivity contribution in [1.29, 1.82) is 0 Å². The number of anilines is 1. The van der Waals surface area contributed by atoms with Gasteiger partial charge in [0.05, 0.1) is 5.71 Å². The topological polar surface area (TPSA) is 82.9 Å². The van der Waals surface area contributed by atoms with E-state index in [-0.39, 0.29) is 18.2 Å². The molecule has 6 nitrogen and oxygen atoms in total. The summed E-state index contributed by atoms with van der Waals surface area (Å²) in [4.78, 5) is 24.7. The first-order chi connectivity index (χ1) is 13.8. The Balaban J connectivity index is 1.63. The first-order valence-electron chi connectivity index (χ1n) is 9.36. The van der Waals surface area contributed by atoms with E-state index < -0.39 is 5.25 Å². The van der Waals surface area contributed by atoms with Gasteiger partial charge in [-0.05, 0) is 44.4 Å². The second-order valence-corrected chi connectivity index (χ2v) is 8.27. The Hall–Kier alpha value is -2.93. The van der Waals surface area contributed by atoms with Gasteiger partial charge in [0, 0.05) is 12.1 Å². The molecule has 2 aromatic carbocycles. The van der Waals surface area contributed by atoms with Gasteiger partial charge in [-0.15, -0.1) is 5.10 Å². The van der Waals surface area contributed by atoms with Crippen molar-refractivity contribution in [3.63, 3.8) is 0 Å². The number of hydrogen-bond donors (Lipinski definition) is 2. The Morgan fingerprint density at radius 3 is 2.45 bits per heavy atom. The third-order valence-electron chi connectivity index (χ3n) is 4.57. The molecule has 2 aromatic rings. The van der Waals surface area contributed by atoms with E-state index in [1.54, 1.807) is 0 Å². The number of rotatable bonds is 5. The van der Waals surface area contributed by atoms with Crippen molar-refractivity contribution in [2.45, 2.75) is 39.4 Å². The van der Waals surface area contributed by atoms with E-state index in [1.807, 2.05) is 70.2 Å². The van der Waals surface area contributed by atoms with Crippen molar-refractivity contribution in [1.82, 2.24) is 5.32 Å². The maximum atomic E-state index is 12.5. The zero-order valence-corrected chi connectivity index (χ0v) is 17.8. The maximum absolute atomic E-state index is 12.5. The van der Waals surface area contributed by atoms with Gasteiger partial charge in [-0.3, -0.25) is 9.59 Å². The SMILES string of the molecule is C/C(=N/N=C1\NC(=O)C(CC(=O)Nc2c(C)cc(C)cc2C)S1)c1ccccc1. The van der Waals surface area contributed by atoms with Gasteiger partial charge in [0.15, 0.2) is 5.17 Å². The largest absolute Gasteiger partial charge is 0.326 e. The molecule has 1 fully saturated rings. The Morgan fingerprint density at radius 1 is 1.14 bits per heavy atom. The summed E-state index contributed by atoms with van der Waals surface area (Å²) in [5.41, 5.74) is 5.68. The monoisotopic (exact) mass is 408 g/mol. The minimum absolute atomic E-state index is 0.0731. The normalized spacial score (nSPS) is 18.1. The molecule has 1 aliphatic heterocycles. The second-order valence-electron chi connectivity index (χ2n) is 7.08. The third kappa shape index (κ3) is 5.32. The molecule has 7 heteroatoms.